The summed E-state index contributed by atoms with van der Waals surface area (Å²) >= 11 is 0. The molecule has 4 nitrogen and oxygen atoms in total. The maximum atomic E-state index is 4.07. The molecule has 2 heterocycles. The van der Waals surface area contributed by atoms with E-state index in [1.54, 1.807) is 0 Å². The van der Waals surface area contributed by atoms with E-state index >= 15 is 0 Å². The first-order valence-corrected chi connectivity index (χ1v) is 7.05. The van der Waals surface area contributed by atoms with Gasteiger partial charge in [0.25, 0.3) is 0 Å². The molecule has 20 heavy (non-hydrogen) atoms. The highest BCUT2D eigenvalue weighted by molar-refractivity contribution is 5.83. The normalized spacial score (nSPS) is 11.2. The van der Waals surface area contributed by atoms with Crippen molar-refractivity contribution in [2.45, 2.75) is 26.1 Å². The highest BCUT2D eigenvalue weighted by Gasteiger charge is 2.05. The van der Waals surface area contributed by atoms with Crippen molar-refractivity contribution in [3.63, 3.8) is 0 Å². The van der Waals surface area contributed by atoms with Crippen LogP contribution in [0.2, 0.25) is 0 Å². The zero-order valence-electron chi connectivity index (χ0n) is 11.8. The lowest BCUT2D eigenvalue weighted by molar-refractivity contribution is 0.572. The number of nitrogens with one attached hydrogen (secondary N) is 1. The van der Waals surface area contributed by atoms with Crippen LogP contribution < -0.4 is 5.32 Å². The molecule has 0 amide bonds. The van der Waals surface area contributed by atoms with Crippen molar-refractivity contribution in [2.24, 2.45) is 0 Å². The number of hydrogen-bond donors (Lipinski definition) is 1. The van der Waals surface area contributed by atoms with Crippen molar-refractivity contribution in [2.75, 3.05) is 7.05 Å². The molecule has 4 heteroatoms. The van der Waals surface area contributed by atoms with Crippen LogP contribution in [0, 0.1) is 0 Å². The van der Waals surface area contributed by atoms with Crippen molar-refractivity contribution in [3.8, 4) is 0 Å². The van der Waals surface area contributed by atoms with Gasteiger partial charge in [-0.05, 0) is 30.5 Å². The van der Waals surface area contributed by atoms with E-state index in [9.17, 15) is 0 Å². The van der Waals surface area contributed by atoms with Crippen molar-refractivity contribution in [3.05, 3.63) is 54.7 Å². The highest BCUT2D eigenvalue weighted by Crippen LogP contribution is 2.20. The van der Waals surface area contributed by atoms with E-state index in [0.717, 1.165) is 26.1 Å². The van der Waals surface area contributed by atoms with Crippen molar-refractivity contribution >= 4 is 10.9 Å². The Morgan fingerprint density at radius 1 is 1.15 bits per heavy atom. The second-order valence-electron chi connectivity index (χ2n) is 5.05. The summed E-state index contributed by atoms with van der Waals surface area (Å²) in [5, 5.41) is 4.57. The predicted molar refractivity (Wildman–Crippen MR) is 81.5 cm³/mol. The van der Waals surface area contributed by atoms with Crippen molar-refractivity contribution < 1.29 is 0 Å². The van der Waals surface area contributed by atoms with Crippen molar-refractivity contribution in [1.29, 1.82) is 0 Å². The van der Waals surface area contributed by atoms with Crippen LogP contribution in [0.3, 0.4) is 0 Å². The Morgan fingerprint density at radius 3 is 2.90 bits per heavy atom. The summed E-state index contributed by atoms with van der Waals surface area (Å²) < 4.78 is 4.49. The van der Waals surface area contributed by atoms with Gasteiger partial charge in [-0.1, -0.05) is 18.2 Å². The number of fused-ring (bicyclic) bond motifs is 1. The lowest BCUT2D eigenvalue weighted by Crippen LogP contribution is -2.08. The van der Waals surface area contributed by atoms with Crippen LogP contribution in [-0.4, -0.2) is 21.2 Å². The molecule has 0 fully saturated rings. The number of aryl methyl sites for hydroxylation is 2. The molecule has 0 spiro atoms. The number of nitrogens with zero attached hydrogens (tertiary/aromatic N) is 3. The van der Waals surface area contributed by atoms with Gasteiger partial charge in [0, 0.05) is 38.2 Å². The molecule has 104 valence electrons. The van der Waals surface area contributed by atoms with Gasteiger partial charge in [-0.3, -0.25) is 0 Å². The molecule has 1 N–H and O–H groups in total. The third-order valence-electron chi connectivity index (χ3n) is 3.61. The molecule has 1 aromatic carbocycles. The first-order valence-electron chi connectivity index (χ1n) is 7.05. The number of benzene rings is 1. The minimum Gasteiger partial charge on any atom is -0.347 e. The van der Waals surface area contributed by atoms with Gasteiger partial charge in [0.1, 0.15) is 0 Å². The van der Waals surface area contributed by atoms with E-state index in [1.165, 1.54) is 16.5 Å². The van der Waals surface area contributed by atoms with Crippen LogP contribution in [-0.2, 0) is 19.6 Å². The predicted octanol–water partition coefficient (Wildman–Crippen LogP) is 2.65. The van der Waals surface area contributed by atoms with E-state index in [1.807, 2.05) is 25.8 Å². The summed E-state index contributed by atoms with van der Waals surface area (Å²) in [6.45, 7) is 2.94. The van der Waals surface area contributed by atoms with E-state index < -0.39 is 0 Å². The lowest BCUT2D eigenvalue weighted by atomic mass is 10.1. The van der Waals surface area contributed by atoms with Crippen LogP contribution in [0.5, 0.6) is 0 Å². The molecular formula is C16H20N4. The molecule has 0 bridgehead atoms. The number of rotatable bonds is 6. The van der Waals surface area contributed by atoms with Crippen LogP contribution in [0.4, 0.5) is 0 Å². The smallest absolute Gasteiger partial charge is 0.0945 e. The minimum atomic E-state index is 0.906. The van der Waals surface area contributed by atoms with E-state index in [-0.39, 0.29) is 0 Å². The summed E-state index contributed by atoms with van der Waals surface area (Å²) in [7, 11) is 1.99. The number of aromatic nitrogens is 3. The largest absolute Gasteiger partial charge is 0.347 e. The van der Waals surface area contributed by atoms with Crippen LogP contribution >= 0.6 is 0 Å². The molecule has 0 aliphatic heterocycles. The zero-order chi connectivity index (χ0) is 13.8. The fraction of sp³-hybridized carbons (Fsp3) is 0.312. The van der Waals surface area contributed by atoms with E-state index in [0.29, 0.717) is 0 Å². The Balaban J connectivity index is 1.77. The molecule has 0 saturated heterocycles. The minimum absolute atomic E-state index is 0.906. The SMILES string of the molecule is CNCc1cccc2ccn(CCCn3ccnc3)c12. The fourth-order valence-electron chi connectivity index (χ4n) is 2.70. The molecule has 3 aromatic rings. The maximum absolute atomic E-state index is 4.07. The molecule has 0 saturated carbocycles. The Hall–Kier alpha value is -2.07. The summed E-state index contributed by atoms with van der Waals surface area (Å²) in [6.07, 6.45) is 9.02. The van der Waals surface area contributed by atoms with Gasteiger partial charge in [-0.15, -0.1) is 0 Å². The van der Waals surface area contributed by atoms with Gasteiger partial charge in [0.05, 0.1) is 11.8 Å². The molecule has 0 radical (unpaired) electrons. The monoisotopic (exact) mass is 268 g/mol. The molecule has 0 unspecified atom stereocenters. The quantitative estimate of drug-likeness (QED) is 0.746. The standard InChI is InChI=1S/C16H20N4/c1-17-12-15-5-2-4-14-6-10-20(16(14)15)9-3-8-19-11-7-18-13-19/h2,4-7,10-11,13,17H,3,8-9,12H2,1H3. The highest BCUT2D eigenvalue weighted by atomic mass is 15.0. The second-order valence-corrected chi connectivity index (χ2v) is 5.05. The van der Waals surface area contributed by atoms with Crippen molar-refractivity contribution in [1.82, 2.24) is 19.4 Å². The molecule has 0 aliphatic carbocycles. The van der Waals surface area contributed by atoms with E-state index in [4.69, 9.17) is 0 Å². The summed E-state index contributed by atoms with van der Waals surface area (Å²) in [6, 6.07) is 8.71. The lowest BCUT2D eigenvalue weighted by Gasteiger charge is -2.10. The van der Waals surface area contributed by atoms with Gasteiger partial charge < -0.3 is 14.5 Å². The van der Waals surface area contributed by atoms with Crippen LogP contribution in [0.25, 0.3) is 10.9 Å². The summed E-state index contributed by atoms with van der Waals surface area (Å²) in [5.74, 6) is 0. The number of imidazole rings is 1. The molecule has 0 atom stereocenters. The zero-order valence-corrected chi connectivity index (χ0v) is 11.8. The topological polar surface area (TPSA) is 34.8 Å². The third-order valence-corrected chi connectivity index (χ3v) is 3.61. The average Bonchev–Trinajstić information content (AvgIpc) is 3.10. The van der Waals surface area contributed by atoms with Gasteiger partial charge in [-0.2, -0.15) is 0 Å². The Morgan fingerprint density at radius 2 is 2.10 bits per heavy atom. The number of para-hydroxylation sites is 1. The Kier molecular flexibility index (Phi) is 3.83. The Bertz CT molecular complexity index is 667. The average molecular weight is 268 g/mol. The molecule has 3 rings (SSSR count). The third kappa shape index (κ3) is 2.60. The van der Waals surface area contributed by atoms with Crippen LogP contribution in [0.1, 0.15) is 12.0 Å². The number of hydrogen-bond acceptors (Lipinski definition) is 2. The van der Waals surface area contributed by atoms with Gasteiger partial charge in [0.15, 0.2) is 0 Å². The first-order chi connectivity index (χ1) is 9.88. The molecular weight excluding hydrogens is 248 g/mol. The first kappa shape index (κ1) is 12.9. The van der Waals surface area contributed by atoms with E-state index in [2.05, 4.69) is 49.9 Å². The fourth-order valence-corrected chi connectivity index (χ4v) is 2.70. The summed E-state index contributed by atoms with van der Waals surface area (Å²) in [4.78, 5) is 4.07. The Labute approximate surface area is 119 Å². The van der Waals surface area contributed by atoms with Gasteiger partial charge in [-0.25, -0.2) is 4.98 Å². The second kappa shape index (κ2) is 5.92. The maximum Gasteiger partial charge on any atom is 0.0945 e. The molecule has 0 aliphatic rings. The van der Waals surface area contributed by atoms with Gasteiger partial charge >= 0.3 is 0 Å². The van der Waals surface area contributed by atoms with Crippen LogP contribution in [0.15, 0.2) is 49.2 Å². The van der Waals surface area contributed by atoms with Gasteiger partial charge in [0.2, 0.25) is 0 Å². The summed E-state index contributed by atoms with van der Waals surface area (Å²) in [5.41, 5.74) is 2.71. The molecule has 2 aromatic heterocycles.